The Hall–Kier alpha value is -0.890. The van der Waals surface area contributed by atoms with Gasteiger partial charge in [0.15, 0.2) is 0 Å². The van der Waals surface area contributed by atoms with Gasteiger partial charge in [-0.1, -0.05) is 12.1 Å². The molecule has 1 aromatic carbocycles. The van der Waals surface area contributed by atoms with Crippen molar-refractivity contribution >= 4 is 0 Å². The highest BCUT2D eigenvalue weighted by Crippen LogP contribution is 2.21. The number of fused-ring (bicyclic) bond motifs is 1. The molecule has 0 radical (unpaired) electrons. The Balaban J connectivity index is 2.59. The first-order valence-electron chi connectivity index (χ1n) is 3.22. The van der Waals surface area contributed by atoms with E-state index in [4.69, 9.17) is 4.74 Å². The third kappa shape index (κ3) is 0.727. The van der Waals surface area contributed by atoms with Gasteiger partial charge in [-0.15, -0.1) is 0 Å². The van der Waals surface area contributed by atoms with Crippen molar-refractivity contribution in [3.05, 3.63) is 35.1 Å². The lowest BCUT2D eigenvalue weighted by Crippen LogP contribution is -1.86. The molecule has 0 bridgehead atoms. The van der Waals surface area contributed by atoms with E-state index in [1.807, 2.05) is 6.07 Å². The van der Waals surface area contributed by atoms with E-state index in [1.165, 1.54) is 6.07 Å². The highest BCUT2D eigenvalue weighted by atomic mass is 19.1. The summed E-state index contributed by atoms with van der Waals surface area (Å²) >= 11 is 0. The Labute approximate surface area is 58.4 Å². The summed E-state index contributed by atoms with van der Waals surface area (Å²) in [5.41, 5.74) is 1.71. The Morgan fingerprint density at radius 3 is 3.00 bits per heavy atom. The van der Waals surface area contributed by atoms with Gasteiger partial charge >= 0.3 is 0 Å². The van der Waals surface area contributed by atoms with E-state index in [2.05, 4.69) is 0 Å². The highest BCUT2D eigenvalue weighted by Gasteiger charge is 2.13. The van der Waals surface area contributed by atoms with E-state index in [0.717, 1.165) is 11.1 Å². The average Bonchev–Trinajstić information content (AvgIpc) is 2.36. The van der Waals surface area contributed by atoms with Crippen LogP contribution in [0.3, 0.4) is 0 Å². The second-order valence-corrected chi connectivity index (χ2v) is 2.37. The minimum atomic E-state index is -0.144. The van der Waals surface area contributed by atoms with Crippen LogP contribution in [0.2, 0.25) is 0 Å². The summed E-state index contributed by atoms with van der Waals surface area (Å²) in [6, 6.07) is 5.07. The van der Waals surface area contributed by atoms with Gasteiger partial charge in [0, 0.05) is 5.56 Å². The predicted octanol–water partition coefficient (Wildman–Crippen LogP) is 1.86. The Morgan fingerprint density at radius 2 is 2.20 bits per heavy atom. The lowest BCUT2D eigenvalue weighted by Gasteiger charge is -1.94. The second kappa shape index (κ2) is 2.06. The van der Waals surface area contributed by atoms with E-state index in [0.29, 0.717) is 13.2 Å². The molecule has 0 saturated carbocycles. The summed E-state index contributed by atoms with van der Waals surface area (Å²) in [6.07, 6.45) is 0. The normalized spacial score (nSPS) is 15.3. The molecule has 2 heteroatoms. The van der Waals surface area contributed by atoms with Gasteiger partial charge in [0.25, 0.3) is 0 Å². The molecule has 1 aliphatic rings. The van der Waals surface area contributed by atoms with E-state index < -0.39 is 0 Å². The predicted molar refractivity (Wildman–Crippen MR) is 34.9 cm³/mol. The van der Waals surface area contributed by atoms with Crippen LogP contribution in [-0.4, -0.2) is 0 Å². The molecule has 52 valence electrons. The van der Waals surface area contributed by atoms with Gasteiger partial charge in [0.2, 0.25) is 0 Å². The molecule has 0 saturated heterocycles. The van der Waals surface area contributed by atoms with Crippen LogP contribution in [0.4, 0.5) is 4.39 Å². The molecule has 0 atom stereocenters. The van der Waals surface area contributed by atoms with E-state index in [1.54, 1.807) is 6.07 Å². The zero-order chi connectivity index (χ0) is 6.97. The Kier molecular flexibility index (Phi) is 1.21. The van der Waals surface area contributed by atoms with Gasteiger partial charge in [-0.3, -0.25) is 0 Å². The third-order valence-electron chi connectivity index (χ3n) is 1.72. The van der Waals surface area contributed by atoms with Gasteiger partial charge in [0.1, 0.15) is 5.82 Å². The smallest absolute Gasteiger partial charge is 0.129 e. The monoisotopic (exact) mass is 138 g/mol. The summed E-state index contributed by atoms with van der Waals surface area (Å²) in [5, 5.41) is 0. The van der Waals surface area contributed by atoms with Crippen molar-refractivity contribution in [3.8, 4) is 0 Å². The summed E-state index contributed by atoms with van der Waals surface area (Å²) < 4.78 is 17.9. The van der Waals surface area contributed by atoms with Gasteiger partial charge in [-0.05, 0) is 11.6 Å². The summed E-state index contributed by atoms with van der Waals surface area (Å²) in [7, 11) is 0. The summed E-state index contributed by atoms with van der Waals surface area (Å²) in [6.45, 7) is 0.995. The van der Waals surface area contributed by atoms with Crippen LogP contribution in [0.1, 0.15) is 11.1 Å². The van der Waals surface area contributed by atoms with Gasteiger partial charge in [-0.25, -0.2) is 4.39 Å². The fourth-order valence-electron chi connectivity index (χ4n) is 1.16. The Morgan fingerprint density at radius 1 is 1.30 bits per heavy atom. The molecule has 10 heavy (non-hydrogen) atoms. The first kappa shape index (κ1) is 5.86. The second-order valence-electron chi connectivity index (χ2n) is 2.37. The highest BCUT2D eigenvalue weighted by molar-refractivity contribution is 5.29. The van der Waals surface area contributed by atoms with Crippen molar-refractivity contribution in [1.82, 2.24) is 0 Å². The summed E-state index contributed by atoms with van der Waals surface area (Å²) in [4.78, 5) is 0. The van der Waals surface area contributed by atoms with Crippen molar-refractivity contribution < 1.29 is 9.13 Å². The molecule has 1 aliphatic heterocycles. The number of ether oxygens (including phenoxy) is 1. The molecule has 0 aliphatic carbocycles. The van der Waals surface area contributed by atoms with E-state index >= 15 is 0 Å². The van der Waals surface area contributed by atoms with Crippen molar-refractivity contribution in [2.24, 2.45) is 0 Å². The molecule has 0 aromatic heterocycles. The molecule has 0 N–H and O–H groups in total. The first-order valence-corrected chi connectivity index (χ1v) is 3.22. The minimum Gasteiger partial charge on any atom is -0.372 e. The standard InChI is InChI=1S/C8H7FO/c9-8-3-1-2-6-4-10-5-7(6)8/h1-3H,4-5H2. The minimum absolute atomic E-state index is 0.144. The number of rotatable bonds is 0. The SMILES string of the molecule is Fc1cccc2c1COC2. The topological polar surface area (TPSA) is 9.23 Å². The van der Waals surface area contributed by atoms with Crippen molar-refractivity contribution in [1.29, 1.82) is 0 Å². The molecule has 0 spiro atoms. The van der Waals surface area contributed by atoms with Crippen molar-refractivity contribution in [3.63, 3.8) is 0 Å². The number of hydrogen-bond donors (Lipinski definition) is 0. The third-order valence-corrected chi connectivity index (χ3v) is 1.72. The maximum absolute atomic E-state index is 12.8. The fourth-order valence-corrected chi connectivity index (χ4v) is 1.16. The molecule has 1 heterocycles. The zero-order valence-electron chi connectivity index (χ0n) is 5.43. The molecular formula is C8H7FO. The zero-order valence-corrected chi connectivity index (χ0v) is 5.43. The average molecular weight is 138 g/mol. The molecule has 0 unspecified atom stereocenters. The quantitative estimate of drug-likeness (QED) is 0.531. The molecule has 2 rings (SSSR count). The number of benzene rings is 1. The van der Waals surface area contributed by atoms with Crippen LogP contribution < -0.4 is 0 Å². The van der Waals surface area contributed by atoms with Crippen LogP contribution in [0.5, 0.6) is 0 Å². The van der Waals surface area contributed by atoms with Crippen molar-refractivity contribution in [2.75, 3.05) is 0 Å². The van der Waals surface area contributed by atoms with Crippen LogP contribution in [0.25, 0.3) is 0 Å². The van der Waals surface area contributed by atoms with Gasteiger partial charge in [0.05, 0.1) is 13.2 Å². The largest absolute Gasteiger partial charge is 0.372 e. The number of halogens is 1. The molecular weight excluding hydrogens is 131 g/mol. The van der Waals surface area contributed by atoms with E-state index in [9.17, 15) is 4.39 Å². The lowest BCUT2D eigenvalue weighted by molar-refractivity contribution is 0.133. The molecule has 0 fully saturated rings. The van der Waals surface area contributed by atoms with Gasteiger partial charge < -0.3 is 4.74 Å². The molecule has 1 aromatic rings. The van der Waals surface area contributed by atoms with Crippen LogP contribution in [0.15, 0.2) is 18.2 Å². The summed E-state index contributed by atoms with van der Waals surface area (Å²) in [5.74, 6) is -0.144. The molecule has 1 nitrogen and oxygen atoms in total. The molecule has 0 amide bonds. The van der Waals surface area contributed by atoms with Gasteiger partial charge in [-0.2, -0.15) is 0 Å². The maximum Gasteiger partial charge on any atom is 0.129 e. The number of hydrogen-bond acceptors (Lipinski definition) is 1. The van der Waals surface area contributed by atoms with Crippen LogP contribution in [-0.2, 0) is 18.0 Å². The van der Waals surface area contributed by atoms with Crippen molar-refractivity contribution in [2.45, 2.75) is 13.2 Å². The lowest BCUT2D eigenvalue weighted by atomic mass is 10.1. The van der Waals surface area contributed by atoms with E-state index in [-0.39, 0.29) is 5.82 Å². The van der Waals surface area contributed by atoms with Crippen LogP contribution >= 0.6 is 0 Å². The first-order chi connectivity index (χ1) is 4.88. The maximum atomic E-state index is 12.8. The van der Waals surface area contributed by atoms with Crippen LogP contribution in [0, 0.1) is 5.82 Å². The fraction of sp³-hybridized carbons (Fsp3) is 0.250. The Bertz CT molecular complexity index is 257.